The zero-order valence-corrected chi connectivity index (χ0v) is 9.52. The lowest BCUT2D eigenvalue weighted by Crippen LogP contribution is -2.39. The molecule has 0 aliphatic heterocycles. The fourth-order valence-electron chi connectivity index (χ4n) is 2.14. The number of anilines is 1. The summed E-state index contributed by atoms with van der Waals surface area (Å²) in [5.74, 6) is 0.856. The molecule has 1 aliphatic carbocycles. The van der Waals surface area contributed by atoms with Crippen molar-refractivity contribution in [1.82, 2.24) is 4.98 Å². The smallest absolute Gasteiger partial charge is 0.123 e. The standard InChI is InChI=1S/C12H18N2O2/c1-16-8-12(15,10-2-3-10)7-9-4-5-14-11(13)6-9/h4-6,10,15H,2-3,7-8H2,1H3,(H2,13,14). The molecule has 88 valence electrons. The van der Waals surface area contributed by atoms with Gasteiger partial charge in [-0.1, -0.05) is 0 Å². The predicted octanol–water partition coefficient (Wildman–Crippen LogP) is 0.994. The van der Waals surface area contributed by atoms with Gasteiger partial charge in [-0.25, -0.2) is 4.98 Å². The van der Waals surface area contributed by atoms with Crippen LogP contribution in [0.5, 0.6) is 0 Å². The minimum absolute atomic E-state index is 0.363. The molecular weight excluding hydrogens is 204 g/mol. The minimum Gasteiger partial charge on any atom is -0.387 e. The summed E-state index contributed by atoms with van der Waals surface area (Å²) in [5, 5.41) is 10.5. The second kappa shape index (κ2) is 4.39. The molecule has 1 fully saturated rings. The number of ether oxygens (including phenoxy) is 1. The monoisotopic (exact) mass is 222 g/mol. The van der Waals surface area contributed by atoms with Crippen LogP contribution in [0.1, 0.15) is 18.4 Å². The van der Waals surface area contributed by atoms with Crippen LogP contribution < -0.4 is 5.73 Å². The molecule has 0 spiro atoms. The Bertz CT molecular complexity index is 366. The largest absolute Gasteiger partial charge is 0.387 e. The highest BCUT2D eigenvalue weighted by Gasteiger charge is 2.43. The molecule has 0 saturated heterocycles. The number of hydrogen-bond donors (Lipinski definition) is 2. The normalized spacial score (nSPS) is 19.4. The maximum absolute atomic E-state index is 10.5. The fourth-order valence-corrected chi connectivity index (χ4v) is 2.14. The molecule has 1 heterocycles. The van der Waals surface area contributed by atoms with E-state index >= 15 is 0 Å². The summed E-state index contributed by atoms with van der Waals surface area (Å²) in [5.41, 5.74) is 5.88. The van der Waals surface area contributed by atoms with E-state index in [0.717, 1.165) is 18.4 Å². The number of rotatable bonds is 5. The van der Waals surface area contributed by atoms with E-state index in [4.69, 9.17) is 10.5 Å². The highest BCUT2D eigenvalue weighted by Crippen LogP contribution is 2.41. The van der Waals surface area contributed by atoms with Gasteiger partial charge in [-0.3, -0.25) is 0 Å². The molecule has 1 unspecified atom stereocenters. The summed E-state index contributed by atoms with van der Waals surface area (Å²) in [6, 6.07) is 3.70. The van der Waals surface area contributed by atoms with Gasteiger partial charge in [-0.2, -0.15) is 0 Å². The summed E-state index contributed by atoms with van der Waals surface area (Å²) >= 11 is 0. The maximum atomic E-state index is 10.5. The van der Waals surface area contributed by atoms with Gasteiger partial charge in [0.25, 0.3) is 0 Å². The van der Waals surface area contributed by atoms with Crippen molar-refractivity contribution >= 4 is 5.82 Å². The van der Waals surface area contributed by atoms with E-state index in [9.17, 15) is 5.11 Å². The molecule has 1 aromatic heterocycles. The van der Waals surface area contributed by atoms with E-state index < -0.39 is 5.60 Å². The Morgan fingerprint density at radius 1 is 1.62 bits per heavy atom. The summed E-state index contributed by atoms with van der Waals surface area (Å²) in [6.07, 6.45) is 4.42. The highest BCUT2D eigenvalue weighted by molar-refractivity contribution is 5.32. The Morgan fingerprint density at radius 3 is 2.94 bits per heavy atom. The van der Waals surface area contributed by atoms with E-state index in [1.54, 1.807) is 13.3 Å². The number of methoxy groups -OCH3 is 1. The molecule has 0 radical (unpaired) electrons. The van der Waals surface area contributed by atoms with Gasteiger partial charge in [0.15, 0.2) is 0 Å². The number of aliphatic hydroxyl groups is 1. The van der Waals surface area contributed by atoms with E-state index in [2.05, 4.69) is 4.98 Å². The molecule has 2 rings (SSSR count). The van der Waals surface area contributed by atoms with Crippen molar-refractivity contribution in [3.8, 4) is 0 Å². The van der Waals surface area contributed by atoms with Gasteiger partial charge in [0.2, 0.25) is 0 Å². The molecule has 3 N–H and O–H groups in total. The molecule has 1 aromatic rings. The first-order valence-electron chi connectivity index (χ1n) is 5.56. The molecule has 0 amide bonds. The molecule has 1 saturated carbocycles. The second-order valence-corrected chi connectivity index (χ2v) is 4.58. The van der Waals surface area contributed by atoms with E-state index in [-0.39, 0.29) is 0 Å². The third-order valence-electron chi connectivity index (χ3n) is 3.09. The second-order valence-electron chi connectivity index (χ2n) is 4.58. The SMILES string of the molecule is COCC(O)(Cc1ccnc(N)c1)C1CC1. The third kappa shape index (κ3) is 2.51. The maximum Gasteiger partial charge on any atom is 0.123 e. The Morgan fingerprint density at radius 2 is 2.38 bits per heavy atom. The minimum atomic E-state index is -0.747. The van der Waals surface area contributed by atoms with Crippen LogP contribution in [0.2, 0.25) is 0 Å². The van der Waals surface area contributed by atoms with Gasteiger partial charge in [0.05, 0.1) is 12.2 Å². The van der Waals surface area contributed by atoms with Crippen molar-refractivity contribution in [2.75, 3.05) is 19.5 Å². The number of pyridine rings is 1. The zero-order valence-electron chi connectivity index (χ0n) is 9.52. The Labute approximate surface area is 95.4 Å². The number of nitrogens with two attached hydrogens (primary N) is 1. The first-order chi connectivity index (χ1) is 7.64. The number of nitrogens with zero attached hydrogens (tertiary/aromatic N) is 1. The molecule has 16 heavy (non-hydrogen) atoms. The van der Waals surface area contributed by atoms with Crippen molar-refractivity contribution in [3.63, 3.8) is 0 Å². The average molecular weight is 222 g/mol. The molecule has 0 aromatic carbocycles. The van der Waals surface area contributed by atoms with Crippen LogP contribution >= 0.6 is 0 Å². The zero-order chi connectivity index (χ0) is 11.6. The van der Waals surface area contributed by atoms with E-state index in [1.165, 1.54) is 0 Å². The quantitative estimate of drug-likeness (QED) is 0.779. The molecular formula is C12H18N2O2. The summed E-state index contributed by atoms with van der Waals surface area (Å²) < 4.78 is 5.11. The summed E-state index contributed by atoms with van der Waals surface area (Å²) in [7, 11) is 1.62. The Balaban J connectivity index is 2.10. The van der Waals surface area contributed by atoms with Crippen LogP contribution in [0.4, 0.5) is 5.82 Å². The summed E-state index contributed by atoms with van der Waals surface area (Å²) in [6.45, 7) is 0.375. The van der Waals surface area contributed by atoms with Crippen LogP contribution in [0.25, 0.3) is 0 Å². The molecule has 1 atom stereocenters. The number of aromatic nitrogens is 1. The Hall–Kier alpha value is -1.13. The van der Waals surface area contributed by atoms with Crippen LogP contribution in [-0.4, -0.2) is 29.4 Å². The number of hydrogen-bond acceptors (Lipinski definition) is 4. The summed E-state index contributed by atoms with van der Waals surface area (Å²) in [4.78, 5) is 3.94. The van der Waals surface area contributed by atoms with Crippen molar-refractivity contribution < 1.29 is 9.84 Å². The van der Waals surface area contributed by atoms with Gasteiger partial charge in [0.1, 0.15) is 5.82 Å². The van der Waals surface area contributed by atoms with Crippen LogP contribution in [0.3, 0.4) is 0 Å². The van der Waals surface area contributed by atoms with Gasteiger partial charge in [-0.05, 0) is 36.5 Å². The van der Waals surface area contributed by atoms with Crippen molar-refractivity contribution in [1.29, 1.82) is 0 Å². The van der Waals surface area contributed by atoms with Gasteiger partial charge in [0, 0.05) is 19.7 Å². The average Bonchev–Trinajstić information content (AvgIpc) is 3.00. The lowest BCUT2D eigenvalue weighted by molar-refractivity contribution is -0.0474. The van der Waals surface area contributed by atoms with Crippen LogP contribution in [-0.2, 0) is 11.2 Å². The van der Waals surface area contributed by atoms with Crippen molar-refractivity contribution in [3.05, 3.63) is 23.9 Å². The van der Waals surface area contributed by atoms with Gasteiger partial charge >= 0.3 is 0 Å². The predicted molar refractivity (Wildman–Crippen MR) is 61.9 cm³/mol. The highest BCUT2D eigenvalue weighted by atomic mass is 16.5. The topological polar surface area (TPSA) is 68.4 Å². The van der Waals surface area contributed by atoms with Crippen LogP contribution in [0.15, 0.2) is 18.3 Å². The fraction of sp³-hybridized carbons (Fsp3) is 0.583. The van der Waals surface area contributed by atoms with E-state index in [1.807, 2.05) is 12.1 Å². The van der Waals surface area contributed by atoms with E-state index in [0.29, 0.717) is 24.8 Å². The molecule has 4 nitrogen and oxygen atoms in total. The Kier molecular flexibility index (Phi) is 3.12. The third-order valence-corrected chi connectivity index (χ3v) is 3.09. The first-order valence-corrected chi connectivity index (χ1v) is 5.56. The van der Waals surface area contributed by atoms with Crippen molar-refractivity contribution in [2.24, 2.45) is 5.92 Å². The number of nitrogen functional groups attached to an aromatic ring is 1. The first kappa shape index (κ1) is 11.4. The van der Waals surface area contributed by atoms with Crippen LogP contribution in [0, 0.1) is 5.92 Å². The molecule has 4 heteroatoms. The molecule has 1 aliphatic rings. The lowest BCUT2D eigenvalue weighted by atomic mass is 9.91. The lowest BCUT2D eigenvalue weighted by Gasteiger charge is -2.27. The van der Waals surface area contributed by atoms with Crippen molar-refractivity contribution in [2.45, 2.75) is 24.9 Å². The molecule has 0 bridgehead atoms. The van der Waals surface area contributed by atoms with Gasteiger partial charge in [-0.15, -0.1) is 0 Å². The van der Waals surface area contributed by atoms with Gasteiger partial charge < -0.3 is 15.6 Å².